The maximum Gasteiger partial charge on any atom is 0.397 e. The molecule has 6 heteroatoms. The number of anilines is 1. The van der Waals surface area contributed by atoms with Gasteiger partial charge in [-0.1, -0.05) is 12.1 Å². The Hall–Kier alpha value is -1.56. The molecule has 0 saturated heterocycles. The first-order valence-electron chi connectivity index (χ1n) is 5.64. The predicted octanol–water partition coefficient (Wildman–Crippen LogP) is 2.22. The van der Waals surface area contributed by atoms with Crippen molar-refractivity contribution in [2.45, 2.75) is 25.6 Å². The van der Waals surface area contributed by atoms with Crippen LogP contribution < -0.4 is 10.6 Å². The smallest absolute Gasteiger partial charge is 0.326 e. The SMILES string of the molecule is O=C(CC(F)(F)F)Nc1cccc2c1CCNC2. The molecule has 0 spiro atoms. The highest BCUT2D eigenvalue weighted by atomic mass is 19.4. The summed E-state index contributed by atoms with van der Waals surface area (Å²) < 4.78 is 36.2. The van der Waals surface area contributed by atoms with Crippen molar-refractivity contribution >= 4 is 11.6 Å². The molecule has 2 N–H and O–H groups in total. The molecule has 0 atom stereocenters. The molecule has 3 nitrogen and oxygen atoms in total. The van der Waals surface area contributed by atoms with E-state index in [0.29, 0.717) is 18.7 Å². The molecule has 0 fully saturated rings. The van der Waals surface area contributed by atoms with Crippen molar-refractivity contribution in [1.29, 1.82) is 0 Å². The molecule has 1 aliphatic rings. The second kappa shape index (κ2) is 4.97. The van der Waals surface area contributed by atoms with Gasteiger partial charge in [0, 0.05) is 12.2 Å². The topological polar surface area (TPSA) is 41.1 Å². The largest absolute Gasteiger partial charge is 0.397 e. The van der Waals surface area contributed by atoms with Gasteiger partial charge >= 0.3 is 6.18 Å². The maximum atomic E-state index is 12.1. The van der Waals surface area contributed by atoms with Gasteiger partial charge in [0.1, 0.15) is 6.42 Å². The molecular formula is C12H13F3N2O. The van der Waals surface area contributed by atoms with E-state index < -0.39 is 18.5 Å². The van der Waals surface area contributed by atoms with E-state index in [9.17, 15) is 18.0 Å². The van der Waals surface area contributed by atoms with Gasteiger partial charge in [-0.15, -0.1) is 0 Å². The minimum atomic E-state index is -4.47. The number of hydrogen-bond acceptors (Lipinski definition) is 2. The summed E-state index contributed by atoms with van der Waals surface area (Å²) in [5.74, 6) is -1.02. The van der Waals surface area contributed by atoms with Gasteiger partial charge < -0.3 is 10.6 Å². The zero-order valence-electron chi connectivity index (χ0n) is 9.60. The van der Waals surface area contributed by atoms with Crippen molar-refractivity contribution in [3.05, 3.63) is 29.3 Å². The van der Waals surface area contributed by atoms with Gasteiger partial charge in [0.15, 0.2) is 0 Å². The lowest BCUT2D eigenvalue weighted by Gasteiger charge is -2.20. The second-order valence-corrected chi connectivity index (χ2v) is 4.21. The highest BCUT2D eigenvalue weighted by Crippen LogP contribution is 2.25. The Morgan fingerprint density at radius 2 is 2.17 bits per heavy atom. The van der Waals surface area contributed by atoms with Gasteiger partial charge in [-0.25, -0.2) is 0 Å². The van der Waals surface area contributed by atoms with Gasteiger partial charge in [0.05, 0.1) is 0 Å². The fourth-order valence-corrected chi connectivity index (χ4v) is 2.03. The molecule has 1 heterocycles. The fourth-order valence-electron chi connectivity index (χ4n) is 2.03. The van der Waals surface area contributed by atoms with E-state index in [4.69, 9.17) is 0 Å². The molecule has 0 saturated carbocycles. The third-order valence-electron chi connectivity index (χ3n) is 2.78. The Bertz CT molecular complexity index is 457. The molecule has 0 bridgehead atoms. The van der Waals surface area contributed by atoms with Crippen molar-refractivity contribution in [1.82, 2.24) is 5.32 Å². The van der Waals surface area contributed by atoms with E-state index in [1.54, 1.807) is 12.1 Å². The number of benzene rings is 1. The highest BCUT2D eigenvalue weighted by molar-refractivity contribution is 5.92. The van der Waals surface area contributed by atoms with E-state index in [1.807, 2.05) is 6.07 Å². The number of hydrogen-bond donors (Lipinski definition) is 2. The van der Waals surface area contributed by atoms with Gasteiger partial charge in [0.25, 0.3) is 0 Å². The second-order valence-electron chi connectivity index (χ2n) is 4.21. The summed E-state index contributed by atoms with van der Waals surface area (Å²) in [6.45, 7) is 1.44. The molecule has 0 aliphatic carbocycles. The van der Waals surface area contributed by atoms with Gasteiger partial charge in [-0.3, -0.25) is 4.79 Å². The van der Waals surface area contributed by atoms with Crippen LogP contribution in [-0.2, 0) is 17.8 Å². The number of carbonyl (C=O) groups excluding carboxylic acids is 1. The van der Waals surface area contributed by atoms with Crippen molar-refractivity contribution in [3.8, 4) is 0 Å². The summed E-state index contributed by atoms with van der Waals surface area (Å²) in [6.07, 6.45) is -5.22. The van der Waals surface area contributed by atoms with Crippen molar-refractivity contribution in [2.24, 2.45) is 0 Å². The van der Waals surface area contributed by atoms with Crippen LogP contribution in [0.15, 0.2) is 18.2 Å². The molecule has 1 aliphatic heterocycles. The number of carbonyl (C=O) groups is 1. The average Bonchev–Trinajstić information content (AvgIpc) is 2.27. The van der Waals surface area contributed by atoms with Crippen molar-refractivity contribution < 1.29 is 18.0 Å². The number of halogens is 3. The molecule has 1 aromatic carbocycles. The van der Waals surface area contributed by atoms with Crippen LogP contribution in [-0.4, -0.2) is 18.6 Å². The van der Waals surface area contributed by atoms with Crippen molar-refractivity contribution in [3.63, 3.8) is 0 Å². The normalized spacial score (nSPS) is 15.1. The average molecular weight is 258 g/mol. The first-order chi connectivity index (χ1) is 8.46. The lowest BCUT2D eigenvalue weighted by Crippen LogP contribution is -2.26. The lowest BCUT2D eigenvalue weighted by atomic mass is 9.99. The fraction of sp³-hybridized carbons (Fsp3) is 0.417. The lowest BCUT2D eigenvalue weighted by molar-refractivity contribution is -0.150. The monoisotopic (exact) mass is 258 g/mol. The number of rotatable bonds is 2. The van der Waals surface area contributed by atoms with E-state index in [0.717, 1.165) is 17.7 Å². The zero-order chi connectivity index (χ0) is 13.2. The molecule has 0 radical (unpaired) electrons. The number of fused-ring (bicyclic) bond motifs is 1. The summed E-state index contributed by atoms with van der Waals surface area (Å²) >= 11 is 0. The molecular weight excluding hydrogens is 245 g/mol. The Kier molecular flexibility index (Phi) is 3.56. The van der Waals surface area contributed by atoms with Crippen molar-refractivity contribution in [2.75, 3.05) is 11.9 Å². The maximum absolute atomic E-state index is 12.1. The van der Waals surface area contributed by atoms with Crippen LogP contribution in [0.3, 0.4) is 0 Å². The van der Waals surface area contributed by atoms with Crippen LogP contribution in [0.5, 0.6) is 0 Å². The molecule has 1 amide bonds. The summed E-state index contributed by atoms with van der Waals surface area (Å²) in [5, 5.41) is 5.51. The molecule has 2 rings (SSSR count). The van der Waals surface area contributed by atoms with E-state index in [2.05, 4.69) is 10.6 Å². The Balaban J connectivity index is 2.12. The highest BCUT2D eigenvalue weighted by Gasteiger charge is 2.31. The Morgan fingerprint density at radius 3 is 2.89 bits per heavy atom. The minimum Gasteiger partial charge on any atom is -0.326 e. The van der Waals surface area contributed by atoms with E-state index >= 15 is 0 Å². The third-order valence-corrected chi connectivity index (χ3v) is 2.78. The first kappa shape index (κ1) is 12.9. The predicted molar refractivity (Wildman–Crippen MR) is 61.2 cm³/mol. The standard InChI is InChI=1S/C12H13F3N2O/c13-12(14,15)6-11(18)17-10-3-1-2-8-7-16-5-4-9(8)10/h1-3,16H,4-7H2,(H,17,18). The molecule has 98 valence electrons. The van der Waals surface area contributed by atoms with E-state index in [1.165, 1.54) is 0 Å². The summed E-state index contributed by atoms with van der Waals surface area (Å²) in [4.78, 5) is 11.3. The minimum absolute atomic E-state index is 0.489. The van der Waals surface area contributed by atoms with Crippen LogP contribution in [0.2, 0.25) is 0 Å². The molecule has 1 aromatic rings. The Morgan fingerprint density at radius 1 is 1.39 bits per heavy atom. The third kappa shape index (κ3) is 3.22. The molecule has 18 heavy (non-hydrogen) atoms. The van der Waals surface area contributed by atoms with Crippen LogP contribution in [0.4, 0.5) is 18.9 Å². The van der Waals surface area contributed by atoms with Crippen LogP contribution >= 0.6 is 0 Å². The summed E-state index contributed by atoms with van der Waals surface area (Å²) in [5.41, 5.74) is 2.43. The summed E-state index contributed by atoms with van der Waals surface area (Å²) in [7, 11) is 0. The number of alkyl halides is 3. The van der Waals surface area contributed by atoms with E-state index in [-0.39, 0.29) is 0 Å². The zero-order valence-corrected chi connectivity index (χ0v) is 9.60. The Labute approximate surface area is 102 Å². The first-order valence-corrected chi connectivity index (χ1v) is 5.64. The van der Waals surface area contributed by atoms with Gasteiger partial charge in [0.2, 0.25) is 5.91 Å². The quantitative estimate of drug-likeness (QED) is 0.854. The number of amides is 1. The van der Waals surface area contributed by atoms with Gasteiger partial charge in [-0.2, -0.15) is 13.2 Å². The summed E-state index contributed by atoms with van der Waals surface area (Å²) in [6, 6.07) is 5.27. The van der Waals surface area contributed by atoms with Crippen LogP contribution in [0.1, 0.15) is 17.5 Å². The van der Waals surface area contributed by atoms with Gasteiger partial charge in [-0.05, 0) is 30.2 Å². The molecule has 0 aromatic heterocycles. The van der Waals surface area contributed by atoms with Crippen LogP contribution in [0.25, 0.3) is 0 Å². The number of nitrogens with one attached hydrogen (secondary N) is 2. The van der Waals surface area contributed by atoms with Crippen LogP contribution in [0, 0.1) is 0 Å². The molecule has 0 unspecified atom stereocenters.